The molecule has 3 aromatic carbocycles. The molecule has 1 aliphatic heterocycles. The van der Waals surface area contributed by atoms with E-state index in [2.05, 4.69) is 86.5 Å². The molecule has 1 saturated heterocycles. The van der Waals surface area contributed by atoms with Crippen molar-refractivity contribution in [2.45, 2.75) is 38.6 Å². The molecule has 4 aromatic rings. The molecule has 6 nitrogen and oxygen atoms in total. The predicted molar refractivity (Wildman–Crippen MR) is 158 cm³/mol. The fraction of sp³-hybridized carbons (Fsp3) is 0.324. The molecule has 1 unspecified atom stereocenters. The van der Waals surface area contributed by atoms with Crippen LogP contribution in [0.2, 0.25) is 0 Å². The molecule has 40 heavy (non-hydrogen) atoms. The molecule has 5 rings (SSSR count). The van der Waals surface area contributed by atoms with Crippen molar-refractivity contribution < 1.29 is 4.79 Å². The van der Waals surface area contributed by atoms with Gasteiger partial charge in [-0.25, -0.2) is 4.98 Å². The van der Waals surface area contributed by atoms with E-state index >= 15 is 0 Å². The lowest BCUT2D eigenvalue weighted by Gasteiger charge is -2.34. The Labute approximate surface area is 237 Å². The van der Waals surface area contributed by atoms with Crippen LogP contribution in [0, 0.1) is 24.2 Å². The number of amides is 1. The lowest BCUT2D eigenvalue weighted by atomic mass is 9.89. The molecule has 1 aromatic heterocycles. The van der Waals surface area contributed by atoms with Gasteiger partial charge in [-0.3, -0.25) is 4.79 Å². The van der Waals surface area contributed by atoms with Crippen LogP contribution in [0.1, 0.15) is 52.5 Å². The first-order chi connectivity index (χ1) is 19.6. The Morgan fingerprint density at radius 3 is 2.35 bits per heavy atom. The van der Waals surface area contributed by atoms with Gasteiger partial charge in [-0.2, -0.15) is 5.26 Å². The van der Waals surface area contributed by atoms with E-state index in [9.17, 15) is 4.79 Å². The molecule has 1 atom stereocenters. The Kier molecular flexibility index (Phi) is 9.05. The molecule has 2 heterocycles. The number of rotatable bonds is 10. The van der Waals surface area contributed by atoms with Crippen LogP contribution in [0.15, 0.2) is 91.1 Å². The monoisotopic (exact) mass is 531 g/mol. The van der Waals surface area contributed by atoms with Crippen molar-refractivity contribution in [3.8, 4) is 6.07 Å². The van der Waals surface area contributed by atoms with E-state index in [1.54, 1.807) is 0 Å². The van der Waals surface area contributed by atoms with Gasteiger partial charge in [0.15, 0.2) is 0 Å². The molecule has 6 heteroatoms. The van der Waals surface area contributed by atoms with Gasteiger partial charge in [-0.05, 0) is 55.1 Å². The molecule has 1 aliphatic rings. The maximum Gasteiger partial charge on any atom is 0.224 e. The number of nitriles is 1. The van der Waals surface area contributed by atoms with Crippen LogP contribution in [-0.2, 0) is 17.8 Å². The molecule has 1 fully saturated rings. The van der Waals surface area contributed by atoms with Crippen molar-refractivity contribution in [1.82, 2.24) is 19.8 Å². The van der Waals surface area contributed by atoms with Gasteiger partial charge in [0.25, 0.3) is 0 Å². The van der Waals surface area contributed by atoms with Crippen molar-refractivity contribution in [1.29, 1.82) is 5.26 Å². The van der Waals surface area contributed by atoms with Gasteiger partial charge < -0.3 is 14.8 Å². The number of piperidine rings is 1. The van der Waals surface area contributed by atoms with E-state index in [-0.39, 0.29) is 17.7 Å². The number of carbonyl (C=O) groups excluding carboxylic acids is 1. The summed E-state index contributed by atoms with van der Waals surface area (Å²) < 4.78 is 2.18. The van der Waals surface area contributed by atoms with Crippen molar-refractivity contribution >= 4 is 5.91 Å². The summed E-state index contributed by atoms with van der Waals surface area (Å²) in [6.45, 7) is 6.00. The van der Waals surface area contributed by atoms with Crippen molar-refractivity contribution in [3.63, 3.8) is 0 Å². The predicted octanol–water partition coefficient (Wildman–Crippen LogP) is 5.31. The van der Waals surface area contributed by atoms with E-state index in [0.717, 1.165) is 56.0 Å². The van der Waals surface area contributed by atoms with Crippen LogP contribution in [0.5, 0.6) is 0 Å². The molecule has 0 radical (unpaired) electrons. The van der Waals surface area contributed by atoms with Gasteiger partial charge in [0.1, 0.15) is 5.82 Å². The molecule has 0 aliphatic carbocycles. The third kappa shape index (κ3) is 6.86. The van der Waals surface area contributed by atoms with E-state index in [0.29, 0.717) is 18.7 Å². The number of benzene rings is 3. The van der Waals surface area contributed by atoms with Gasteiger partial charge in [-0.1, -0.05) is 72.8 Å². The number of nitrogens with one attached hydrogen (secondary N) is 1. The highest BCUT2D eigenvalue weighted by Crippen LogP contribution is 2.28. The normalized spacial score (nSPS) is 15.6. The first kappa shape index (κ1) is 27.4. The molecular formula is C34H37N5O. The van der Waals surface area contributed by atoms with Crippen LogP contribution < -0.4 is 5.32 Å². The zero-order valence-corrected chi connectivity index (χ0v) is 23.2. The van der Waals surface area contributed by atoms with E-state index in [4.69, 9.17) is 5.26 Å². The van der Waals surface area contributed by atoms with Crippen molar-refractivity contribution in [3.05, 3.63) is 125 Å². The average Bonchev–Trinajstić information content (AvgIpc) is 3.35. The summed E-state index contributed by atoms with van der Waals surface area (Å²) in [5.74, 6) is 1.38. The Balaban J connectivity index is 1.16. The number of nitrogens with zero attached hydrogens (tertiary/aromatic N) is 4. The van der Waals surface area contributed by atoms with Crippen molar-refractivity contribution in [2.24, 2.45) is 5.92 Å². The summed E-state index contributed by atoms with van der Waals surface area (Å²) >= 11 is 0. The largest absolute Gasteiger partial charge is 0.355 e. The minimum Gasteiger partial charge on any atom is -0.355 e. The highest BCUT2D eigenvalue weighted by Gasteiger charge is 2.28. The highest BCUT2D eigenvalue weighted by molar-refractivity contribution is 5.79. The molecular weight excluding hydrogens is 494 g/mol. The van der Waals surface area contributed by atoms with Gasteiger partial charge in [-0.15, -0.1) is 0 Å². The number of hydrogen-bond donors (Lipinski definition) is 1. The summed E-state index contributed by atoms with van der Waals surface area (Å²) in [5, 5.41) is 12.3. The topological polar surface area (TPSA) is 74.0 Å². The quantitative estimate of drug-likeness (QED) is 0.301. The van der Waals surface area contributed by atoms with Crippen LogP contribution in [0.4, 0.5) is 0 Å². The molecule has 1 N–H and O–H groups in total. The standard InChI is InChI=1S/C34H37N5O/c1-26-37-22-32(39(26)23-28-16-14-27(21-35)15-17-28)18-19-36-34(40)31-13-8-20-38(24-31)25-33(29-9-4-2-5-10-29)30-11-6-3-7-12-30/h2-7,9-12,14-17,22,31,33H,8,13,18-20,23-25H2,1H3,(H,36,40). The Hall–Kier alpha value is -4.21. The summed E-state index contributed by atoms with van der Waals surface area (Å²) in [4.78, 5) is 20.2. The molecule has 0 spiro atoms. The number of likely N-dealkylation sites (tertiary alicyclic amines) is 1. The maximum absolute atomic E-state index is 13.2. The van der Waals surface area contributed by atoms with E-state index in [1.807, 2.05) is 37.4 Å². The molecule has 0 bridgehead atoms. The fourth-order valence-electron chi connectivity index (χ4n) is 5.72. The number of aromatic nitrogens is 2. The van der Waals surface area contributed by atoms with Gasteiger partial charge >= 0.3 is 0 Å². The number of hydrogen-bond acceptors (Lipinski definition) is 4. The minimum atomic E-state index is 0.00578. The summed E-state index contributed by atoms with van der Waals surface area (Å²) in [6, 6.07) is 31.2. The number of imidazole rings is 1. The van der Waals surface area contributed by atoms with Crippen LogP contribution in [0.3, 0.4) is 0 Å². The van der Waals surface area contributed by atoms with Gasteiger partial charge in [0.05, 0.1) is 17.6 Å². The molecule has 204 valence electrons. The minimum absolute atomic E-state index is 0.00578. The van der Waals surface area contributed by atoms with Crippen molar-refractivity contribution in [2.75, 3.05) is 26.2 Å². The SMILES string of the molecule is Cc1ncc(CCNC(=O)C2CCCN(CC(c3ccccc3)c3ccccc3)C2)n1Cc1ccc(C#N)cc1. The zero-order valence-electron chi connectivity index (χ0n) is 23.2. The van der Waals surface area contributed by atoms with Gasteiger partial charge in [0.2, 0.25) is 5.91 Å². The lowest BCUT2D eigenvalue weighted by molar-refractivity contribution is -0.126. The van der Waals surface area contributed by atoms with Crippen LogP contribution in [-0.4, -0.2) is 46.5 Å². The number of aryl methyl sites for hydroxylation is 1. The molecule has 1 amide bonds. The third-order valence-corrected chi connectivity index (χ3v) is 7.96. The third-order valence-electron chi connectivity index (χ3n) is 7.96. The van der Waals surface area contributed by atoms with Crippen LogP contribution >= 0.6 is 0 Å². The zero-order chi connectivity index (χ0) is 27.7. The van der Waals surface area contributed by atoms with E-state index in [1.165, 1.54) is 11.1 Å². The summed E-state index contributed by atoms with van der Waals surface area (Å²) in [7, 11) is 0. The van der Waals surface area contributed by atoms with Gasteiger partial charge in [0, 0.05) is 50.4 Å². The molecule has 0 saturated carbocycles. The second-order valence-electron chi connectivity index (χ2n) is 10.7. The Bertz CT molecular complexity index is 1380. The number of carbonyl (C=O) groups is 1. The maximum atomic E-state index is 13.2. The summed E-state index contributed by atoms with van der Waals surface area (Å²) in [5.41, 5.74) is 5.50. The second kappa shape index (κ2) is 13.2. The highest BCUT2D eigenvalue weighted by atomic mass is 16.1. The van der Waals surface area contributed by atoms with Crippen LogP contribution in [0.25, 0.3) is 0 Å². The Morgan fingerprint density at radius 2 is 1.70 bits per heavy atom. The first-order valence-corrected chi connectivity index (χ1v) is 14.2. The average molecular weight is 532 g/mol. The van der Waals surface area contributed by atoms with E-state index < -0.39 is 0 Å². The first-order valence-electron chi connectivity index (χ1n) is 14.2. The lowest BCUT2D eigenvalue weighted by Crippen LogP contribution is -2.44. The fourth-order valence-corrected chi connectivity index (χ4v) is 5.72. The smallest absolute Gasteiger partial charge is 0.224 e. The Morgan fingerprint density at radius 1 is 1.02 bits per heavy atom. The second-order valence-corrected chi connectivity index (χ2v) is 10.7. The summed E-state index contributed by atoms with van der Waals surface area (Å²) in [6.07, 6.45) is 4.59.